The van der Waals surface area contributed by atoms with Gasteiger partial charge in [-0.3, -0.25) is 4.90 Å². The van der Waals surface area contributed by atoms with Gasteiger partial charge in [-0.25, -0.2) is 4.99 Å². The van der Waals surface area contributed by atoms with Gasteiger partial charge in [0.05, 0.1) is 31.5 Å². The molecule has 1 atom stereocenters. The predicted octanol–water partition coefficient (Wildman–Crippen LogP) is 3.58. The van der Waals surface area contributed by atoms with E-state index in [1.54, 1.807) is 0 Å². The zero-order valence-corrected chi connectivity index (χ0v) is 19.5. The lowest BCUT2D eigenvalue weighted by molar-refractivity contribution is 0.0170. The van der Waals surface area contributed by atoms with Gasteiger partial charge in [-0.15, -0.1) is 0 Å². The van der Waals surface area contributed by atoms with E-state index in [1.807, 2.05) is 12.1 Å². The summed E-state index contributed by atoms with van der Waals surface area (Å²) in [6.07, 6.45) is 1.66. The number of hydrogen-bond donors (Lipinski definition) is 2. The number of aryl methyl sites for hydroxylation is 2. The van der Waals surface area contributed by atoms with Crippen LogP contribution in [-0.4, -0.2) is 55.4 Å². The molecule has 0 spiro atoms. The van der Waals surface area contributed by atoms with Crippen molar-refractivity contribution >= 4 is 17.6 Å². The summed E-state index contributed by atoms with van der Waals surface area (Å²) in [6, 6.07) is 8.32. The van der Waals surface area contributed by atoms with E-state index in [2.05, 4.69) is 53.6 Å². The molecule has 31 heavy (non-hydrogen) atoms. The van der Waals surface area contributed by atoms with Gasteiger partial charge in [-0.1, -0.05) is 42.7 Å². The SMILES string of the molecule is CCNC(=NCc1c(CC)noc1CC)NCC(c1ccc(Cl)cc1)N1CCOCC1. The molecule has 1 fully saturated rings. The van der Waals surface area contributed by atoms with E-state index >= 15 is 0 Å². The highest BCUT2D eigenvalue weighted by molar-refractivity contribution is 6.30. The minimum atomic E-state index is 0.207. The molecular weight excluding hydrogens is 414 g/mol. The molecule has 0 saturated carbocycles. The van der Waals surface area contributed by atoms with E-state index < -0.39 is 0 Å². The fourth-order valence-electron chi connectivity index (χ4n) is 3.84. The van der Waals surface area contributed by atoms with Crippen molar-refractivity contribution in [1.82, 2.24) is 20.7 Å². The number of rotatable bonds is 9. The van der Waals surface area contributed by atoms with Crippen LogP contribution in [0.2, 0.25) is 5.02 Å². The molecule has 2 aromatic rings. The Bertz CT molecular complexity index is 809. The van der Waals surface area contributed by atoms with Crippen molar-refractivity contribution in [3.8, 4) is 0 Å². The molecule has 1 aromatic heterocycles. The van der Waals surface area contributed by atoms with Crippen LogP contribution in [0.25, 0.3) is 0 Å². The van der Waals surface area contributed by atoms with Gasteiger partial charge in [0.15, 0.2) is 5.96 Å². The molecular formula is C23H34ClN5O2. The summed E-state index contributed by atoms with van der Waals surface area (Å²) in [4.78, 5) is 7.28. The second kappa shape index (κ2) is 12.1. The molecule has 0 radical (unpaired) electrons. The number of morpholine rings is 1. The van der Waals surface area contributed by atoms with E-state index in [0.717, 1.165) is 80.2 Å². The number of benzene rings is 1. The lowest BCUT2D eigenvalue weighted by Crippen LogP contribution is -2.46. The average Bonchev–Trinajstić information content (AvgIpc) is 3.21. The smallest absolute Gasteiger partial charge is 0.191 e. The van der Waals surface area contributed by atoms with Crippen molar-refractivity contribution in [2.75, 3.05) is 39.4 Å². The summed E-state index contributed by atoms with van der Waals surface area (Å²) in [5.74, 6) is 1.71. The van der Waals surface area contributed by atoms with Crippen LogP contribution >= 0.6 is 11.6 Å². The van der Waals surface area contributed by atoms with Crippen LogP contribution in [0.15, 0.2) is 33.8 Å². The molecule has 0 amide bonds. The molecule has 1 saturated heterocycles. The Morgan fingerprint density at radius 1 is 1.13 bits per heavy atom. The van der Waals surface area contributed by atoms with Crippen molar-refractivity contribution in [2.24, 2.45) is 4.99 Å². The van der Waals surface area contributed by atoms with Crippen LogP contribution < -0.4 is 10.6 Å². The second-order valence-electron chi connectivity index (χ2n) is 7.53. The third-order valence-corrected chi connectivity index (χ3v) is 5.80. The third kappa shape index (κ3) is 6.45. The number of aliphatic imine (C=N–C) groups is 1. The maximum Gasteiger partial charge on any atom is 0.191 e. The molecule has 0 aliphatic carbocycles. The third-order valence-electron chi connectivity index (χ3n) is 5.55. The van der Waals surface area contributed by atoms with Gasteiger partial charge in [-0.05, 0) is 31.0 Å². The highest BCUT2D eigenvalue weighted by Gasteiger charge is 2.23. The molecule has 3 rings (SSSR count). The first-order valence-electron chi connectivity index (χ1n) is 11.2. The zero-order valence-electron chi connectivity index (χ0n) is 18.8. The van der Waals surface area contributed by atoms with E-state index in [4.69, 9.17) is 25.9 Å². The molecule has 1 aromatic carbocycles. The van der Waals surface area contributed by atoms with Crippen molar-refractivity contribution < 1.29 is 9.26 Å². The average molecular weight is 448 g/mol. The van der Waals surface area contributed by atoms with Crippen molar-refractivity contribution in [3.63, 3.8) is 0 Å². The van der Waals surface area contributed by atoms with Gasteiger partial charge in [0, 0.05) is 43.2 Å². The molecule has 2 heterocycles. The lowest BCUT2D eigenvalue weighted by atomic mass is 10.0. The summed E-state index contributed by atoms with van der Waals surface area (Å²) >= 11 is 6.12. The van der Waals surface area contributed by atoms with Crippen molar-refractivity contribution in [3.05, 3.63) is 51.9 Å². The Balaban J connectivity index is 1.74. The fraction of sp³-hybridized carbons (Fsp3) is 0.565. The van der Waals surface area contributed by atoms with Crippen LogP contribution in [-0.2, 0) is 24.1 Å². The van der Waals surface area contributed by atoms with Crippen LogP contribution in [0.5, 0.6) is 0 Å². The summed E-state index contributed by atoms with van der Waals surface area (Å²) in [7, 11) is 0. The van der Waals surface area contributed by atoms with E-state index in [9.17, 15) is 0 Å². The summed E-state index contributed by atoms with van der Waals surface area (Å²) in [5.41, 5.74) is 3.32. The van der Waals surface area contributed by atoms with E-state index in [-0.39, 0.29) is 6.04 Å². The number of guanidine groups is 1. The first-order chi connectivity index (χ1) is 15.2. The Kier molecular flexibility index (Phi) is 9.18. The monoisotopic (exact) mass is 447 g/mol. The highest BCUT2D eigenvalue weighted by Crippen LogP contribution is 2.23. The maximum atomic E-state index is 6.12. The van der Waals surface area contributed by atoms with Gasteiger partial charge in [-0.2, -0.15) is 0 Å². The van der Waals surface area contributed by atoms with Gasteiger partial charge in [0.1, 0.15) is 5.76 Å². The van der Waals surface area contributed by atoms with Gasteiger partial charge >= 0.3 is 0 Å². The lowest BCUT2D eigenvalue weighted by Gasteiger charge is -2.35. The standard InChI is InChI=1S/C23H34ClN5O2/c1-4-20-19(22(5-2)31-28-20)15-26-23(25-6-3)27-16-21(29-11-13-30-14-12-29)17-7-9-18(24)10-8-17/h7-10,21H,4-6,11-16H2,1-3H3,(H2,25,26,27). The topological polar surface area (TPSA) is 74.9 Å². The van der Waals surface area contributed by atoms with E-state index in [0.29, 0.717) is 6.54 Å². The molecule has 1 aliphatic rings. The molecule has 7 nitrogen and oxygen atoms in total. The number of nitrogens with one attached hydrogen (secondary N) is 2. The first-order valence-corrected chi connectivity index (χ1v) is 11.6. The largest absolute Gasteiger partial charge is 0.379 e. The number of halogens is 1. The maximum absolute atomic E-state index is 6.12. The number of hydrogen-bond acceptors (Lipinski definition) is 5. The van der Waals surface area contributed by atoms with Crippen molar-refractivity contribution in [1.29, 1.82) is 0 Å². The molecule has 0 bridgehead atoms. The summed E-state index contributed by atoms with van der Waals surface area (Å²) in [5, 5.41) is 11.9. The number of aromatic nitrogens is 1. The zero-order chi connectivity index (χ0) is 22.1. The summed E-state index contributed by atoms with van der Waals surface area (Å²) in [6.45, 7) is 11.6. The minimum absolute atomic E-state index is 0.207. The fourth-order valence-corrected chi connectivity index (χ4v) is 3.97. The Morgan fingerprint density at radius 2 is 1.87 bits per heavy atom. The molecule has 1 unspecified atom stereocenters. The Hall–Kier alpha value is -2.09. The van der Waals surface area contributed by atoms with Crippen LogP contribution in [0.1, 0.15) is 49.4 Å². The second-order valence-corrected chi connectivity index (χ2v) is 7.97. The molecule has 8 heteroatoms. The normalized spacial score (nSPS) is 16.3. The van der Waals surface area contributed by atoms with Crippen LogP contribution in [0, 0.1) is 0 Å². The minimum Gasteiger partial charge on any atom is -0.379 e. The van der Waals surface area contributed by atoms with Crippen LogP contribution in [0.4, 0.5) is 0 Å². The summed E-state index contributed by atoms with van der Waals surface area (Å²) < 4.78 is 11.0. The van der Waals surface area contributed by atoms with Gasteiger partial charge < -0.3 is 19.9 Å². The number of nitrogens with zero attached hydrogens (tertiary/aromatic N) is 3. The Labute approximate surface area is 190 Å². The number of ether oxygens (including phenoxy) is 1. The highest BCUT2D eigenvalue weighted by atomic mass is 35.5. The van der Waals surface area contributed by atoms with E-state index in [1.165, 1.54) is 5.56 Å². The molecule has 2 N–H and O–H groups in total. The first kappa shape index (κ1) is 23.6. The molecule has 170 valence electrons. The van der Waals surface area contributed by atoms with Gasteiger partial charge in [0.25, 0.3) is 0 Å². The quantitative estimate of drug-likeness (QED) is 0.452. The van der Waals surface area contributed by atoms with Gasteiger partial charge in [0.2, 0.25) is 0 Å². The predicted molar refractivity (Wildman–Crippen MR) is 125 cm³/mol. The van der Waals surface area contributed by atoms with Crippen molar-refractivity contribution in [2.45, 2.75) is 46.2 Å². The van der Waals surface area contributed by atoms with Crippen LogP contribution in [0.3, 0.4) is 0 Å². The molecule has 1 aliphatic heterocycles. The Morgan fingerprint density at radius 3 is 2.52 bits per heavy atom.